The lowest BCUT2D eigenvalue weighted by Gasteiger charge is -2.26. The largest absolute Gasteiger partial charge is 0.379 e. The molecular formula is C26H32N4O3S. The van der Waals surface area contributed by atoms with Crippen LogP contribution in [0.5, 0.6) is 0 Å². The first-order chi connectivity index (χ1) is 16.6. The first-order valence-electron chi connectivity index (χ1n) is 12.0. The van der Waals surface area contributed by atoms with E-state index in [1.165, 1.54) is 5.56 Å². The van der Waals surface area contributed by atoms with Crippen molar-refractivity contribution in [2.24, 2.45) is 0 Å². The van der Waals surface area contributed by atoms with Crippen molar-refractivity contribution >= 4 is 29.0 Å². The summed E-state index contributed by atoms with van der Waals surface area (Å²) < 4.78 is 7.47. The third-order valence-electron chi connectivity index (χ3n) is 6.17. The number of nitrogens with zero attached hydrogens (tertiary/aromatic N) is 2. The van der Waals surface area contributed by atoms with Crippen LogP contribution in [0.15, 0.2) is 53.3 Å². The highest BCUT2D eigenvalue weighted by molar-refractivity contribution is 7.71. The second kappa shape index (κ2) is 12.1. The van der Waals surface area contributed by atoms with Crippen molar-refractivity contribution in [3.8, 4) is 0 Å². The number of aromatic nitrogens is 2. The van der Waals surface area contributed by atoms with Crippen molar-refractivity contribution in [3.05, 3.63) is 74.8 Å². The maximum absolute atomic E-state index is 12.7. The Morgan fingerprint density at radius 1 is 1.03 bits per heavy atom. The number of carbonyl (C=O) groups is 1. The van der Waals surface area contributed by atoms with E-state index < -0.39 is 0 Å². The average molecular weight is 481 g/mol. The number of unbranched alkanes of at least 4 members (excludes halogenated alkanes) is 2. The third kappa shape index (κ3) is 6.62. The van der Waals surface area contributed by atoms with Crippen LogP contribution in [0.4, 0.5) is 0 Å². The number of nitrogens with one attached hydrogen (secondary N) is 2. The van der Waals surface area contributed by atoms with E-state index in [2.05, 4.69) is 33.4 Å². The zero-order valence-corrected chi connectivity index (χ0v) is 20.2. The van der Waals surface area contributed by atoms with Gasteiger partial charge in [-0.15, -0.1) is 0 Å². The fourth-order valence-electron chi connectivity index (χ4n) is 4.28. The number of fused-ring (bicyclic) bond motifs is 1. The monoisotopic (exact) mass is 480 g/mol. The van der Waals surface area contributed by atoms with Crippen molar-refractivity contribution in [2.45, 2.75) is 45.3 Å². The van der Waals surface area contributed by atoms with Crippen LogP contribution in [-0.2, 0) is 29.2 Å². The summed E-state index contributed by atoms with van der Waals surface area (Å²) in [6.07, 6.45) is 2.91. The van der Waals surface area contributed by atoms with Crippen molar-refractivity contribution in [1.29, 1.82) is 0 Å². The van der Waals surface area contributed by atoms with Gasteiger partial charge in [0.1, 0.15) is 0 Å². The Morgan fingerprint density at radius 2 is 1.82 bits per heavy atom. The molecule has 0 spiro atoms. The molecule has 1 aliphatic heterocycles. The summed E-state index contributed by atoms with van der Waals surface area (Å²) in [4.78, 5) is 30.5. The molecule has 3 aromatic rings. The minimum atomic E-state index is -0.0621. The molecule has 0 bridgehead atoms. The van der Waals surface area contributed by atoms with Gasteiger partial charge in [-0.1, -0.05) is 42.8 Å². The van der Waals surface area contributed by atoms with Gasteiger partial charge in [-0.05, 0) is 48.3 Å². The number of morpholine rings is 1. The van der Waals surface area contributed by atoms with Crippen molar-refractivity contribution < 1.29 is 9.53 Å². The summed E-state index contributed by atoms with van der Waals surface area (Å²) >= 11 is 5.36. The van der Waals surface area contributed by atoms with Crippen molar-refractivity contribution in [2.75, 3.05) is 26.3 Å². The predicted molar refractivity (Wildman–Crippen MR) is 136 cm³/mol. The molecule has 7 nitrogen and oxygen atoms in total. The summed E-state index contributed by atoms with van der Waals surface area (Å²) in [6.45, 7) is 5.51. The van der Waals surface area contributed by atoms with Crippen LogP contribution in [0.2, 0.25) is 0 Å². The number of hydrogen-bond acceptors (Lipinski definition) is 5. The van der Waals surface area contributed by atoms with E-state index in [9.17, 15) is 9.59 Å². The first kappa shape index (κ1) is 24.3. The molecule has 1 saturated heterocycles. The highest BCUT2D eigenvalue weighted by Crippen LogP contribution is 2.11. The van der Waals surface area contributed by atoms with E-state index in [4.69, 9.17) is 17.0 Å². The van der Waals surface area contributed by atoms with Crippen LogP contribution >= 0.6 is 12.2 Å². The number of carbonyl (C=O) groups excluding carboxylic acids is 1. The van der Waals surface area contributed by atoms with Crippen LogP contribution in [0.3, 0.4) is 0 Å². The Balaban J connectivity index is 1.18. The number of amides is 1. The van der Waals surface area contributed by atoms with Gasteiger partial charge in [-0.2, -0.15) is 0 Å². The van der Waals surface area contributed by atoms with Gasteiger partial charge in [0, 0.05) is 39.1 Å². The number of rotatable bonds is 10. The third-order valence-corrected chi connectivity index (χ3v) is 6.49. The van der Waals surface area contributed by atoms with Crippen LogP contribution in [-0.4, -0.2) is 46.7 Å². The van der Waals surface area contributed by atoms with Crippen molar-refractivity contribution in [3.63, 3.8) is 0 Å². The molecule has 0 unspecified atom stereocenters. The molecule has 180 valence electrons. The Kier molecular flexibility index (Phi) is 8.62. The maximum Gasteiger partial charge on any atom is 0.262 e. The van der Waals surface area contributed by atoms with Gasteiger partial charge in [-0.25, -0.2) is 0 Å². The van der Waals surface area contributed by atoms with Crippen LogP contribution in [0, 0.1) is 4.77 Å². The molecule has 2 heterocycles. The summed E-state index contributed by atoms with van der Waals surface area (Å²) in [5.74, 6) is 0.0544. The Morgan fingerprint density at radius 3 is 2.68 bits per heavy atom. The van der Waals surface area contributed by atoms with Crippen LogP contribution < -0.4 is 10.9 Å². The van der Waals surface area contributed by atoms with E-state index in [1.807, 2.05) is 30.3 Å². The molecule has 0 radical (unpaired) electrons. The van der Waals surface area contributed by atoms with Gasteiger partial charge >= 0.3 is 0 Å². The lowest BCUT2D eigenvalue weighted by molar-refractivity contribution is -0.121. The lowest BCUT2D eigenvalue weighted by Crippen LogP contribution is -2.35. The molecule has 4 rings (SSSR count). The second-order valence-electron chi connectivity index (χ2n) is 8.73. The number of H-pyrrole nitrogens is 1. The minimum absolute atomic E-state index is 0.0544. The van der Waals surface area contributed by atoms with E-state index >= 15 is 0 Å². The summed E-state index contributed by atoms with van der Waals surface area (Å²) in [6, 6.07) is 15.8. The normalized spacial score (nSPS) is 14.4. The number of aromatic amines is 1. The molecule has 1 amide bonds. The van der Waals surface area contributed by atoms with Gasteiger partial charge < -0.3 is 15.0 Å². The smallest absolute Gasteiger partial charge is 0.262 e. The van der Waals surface area contributed by atoms with Gasteiger partial charge in [0.05, 0.1) is 24.1 Å². The molecule has 34 heavy (non-hydrogen) atoms. The van der Waals surface area contributed by atoms with E-state index in [0.717, 1.165) is 63.2 Å². The summed E-state index contributed by atoms with van der Waals surface area (Å²) in [7, 11) is 0. The predicted octanol–water partition coefficient (Wildman–Crippen LogP) is 3.77. The SMILES string of the molecule is O=C(CCCCCn1c(=S)[nH]c2ccccc2c1=O)NCc1cccc(CN2CCOCC2)c1. The minimum Gasteiger partial charge on any atom is -0.379 e. The highest BCUT2D eigenvalue weighted by Gasteiger charge is 2.11. The molecule has 1 fully saturated rings. The zero-order valence-electron chi connectivity index (χ0n) is 19.4. The number of ether oxygens (including phenoxy) is 1. The first-order valence-corrected chi connectivity index (χ1v) is 12.4. The fraction of sp³-hybridized carbons (Fsp3) is 0.423. The number of para-hydroxylation sites is 1. The van der Waals surface area contributed by atoms with E-state index in [1.54, 1.807) is 4.57 Å². The van der Waals surface area contributed by atoms with E-state index in [0.29, 0.717) is 29.7 Å². The van der Waals surface area contributed by atoms with Crippen molar-refractivity contribution in [1.82, 2.24) is 19.8 Å². The molecule has 1 aromatic heterocycles. The van der Waals surface area contributed by atoms with Gasteiger partial charge in [0.2, 0.25) is 5.91 Å². The van der Waals surface area contributed by atoms with Crippen LogP contribution in [0.25, 0.3) is 10.9 Å². The fourth-order valence-corrected chi connectivity index (χ4v) is 4.56. The van der Waals surface area contributed by atoms with Gasteiger partial charge in [0.25, 0.3) is 5.56 Å². The molecule has 0 saturated carbocycles. The lowest BCUT2D eigenvalue weighted by atomic mass is 10.1. The molecular weight excluding hydrogens is 448 g/mol. The Labute approximate surface area is 204 Å². The quantitative estimate of drug-likeness (QED) is 0.341. The highest BCUT2D eigenvalue weighted by atomic mass is 32.1. The topological polar surface area (TPSA) is 79.4 Å². The average Bonchev–Trinajstić information content (AvgIpc) is 2.85. The van der Waals surface area contributed by atoms with Gasteiger partial charge in [0.15, 0.2) is 4.77 Å². The molecule has 2 aromatic carbocycles. The molecule has 8 heteroatoms. The van der Waals surface area contributed by atoms with Gasteiger partial charge in [-0.3, -0.25) is 19.1 Å². The summed E-state index contributed by atoms with van der Waals surface area (Å²) in [5, 5.41) is 3.67. The Bertz CT molecular complexity index is 1230. The number of hydrogen-bond donors (Lipinski definition) is 2. The molecule has 1 aliphatic rings. The standard InChI is InChI=1S/C26H32N4O3S/c31-24(27-18-20-7-6-8-21(17-20)19-29-13-15-33-16-14-29)11-2-1-5-12-30-25(32)22-9-3-4-10-23(22)28-26(30)34/h3-4,6-10,17H,1-2,5,11-16,18-19H2,(H,27,31)(H,28,34). The zero-order chi connectivity index (χ0) is 23.8. The number of benzene rings is 2. The van der Waals surface area contributed by atoms with E-state index in [-0.39, 0.29) is 11.5 Å². The Hall–Kier alpha value is -2.81. The molecule has 2 N–H and O–H groups in total. The summed E-state index contributed by atoms with van der Waals surface area (Å²) in [5.41, 5.74) is 3.07. The molecule has 0 aliphatic carbocycles. The van der Waals surface area contributed by atoms with Crippen LogP contribution in [0.1, 0.15) is 36.8 Å². The second-order valence-corrected chi connectivity index (χ2v) is 9.12. The molecule has 0 atom stereocenters. The maximum atomic E-state index is 12.7.